The lowest BCUT2D eigenvalue weighted by Crippen LogP contribution is -2.21. The molecule has 0 bridgehead atoms. The fraction of sp³-hybridized carbons (Fsp3) is 0.600. The summed E-state index contributed by atoms with van der Waals surface area (Å²) in [6.07, 6.45) is 1.99. The molecular weight excluding hydrogens is 264 g/mol. The predicted octanol–water partition coefficient (Wildman–Crippen LogP) is 3.76. The number of hydrogen-bond donors (Lipinski definition) is 1. The highest BCUT2D eigenvalue weighted by molar-refractivity contribution is 5.28. The Morgan fingerprint density at radius 2 is 1.85 bits per heavy atom. The first kappa shape index (κ1) is 16.9. The van der Waals surface area contributed by atoms with Crippen LogP contribution in [0.5, 0.6) is 5.75 Å². The summed E-state index contributed by atoms with van der Waals surface area (Å²) in [6, 6.07) is 6.88. The molecule has 1 aromatic carbocycles. The van der Waals surface area contributed by atoms with Gasteiger partial charge in [0.05, 0.1) is 0 Å². The van der Waals surface area contributed by atoms with E-state index in [2.05, 4.69) is 17.0 Å². The van der Waals surface area contributed by atoms with Gasteiger partial charge >= 0.3 is 6.61 Å². The van der Waals surface area contributed by atoms with Crippen LogP contribution in [-0.4, -0.2) is 26.4 Å². The van der Waals surface area contributed by atoms with E-state index < -0.39 is 6.61 Å². The van der Waals surface area contributed by atoms with Crippen LogP contribution in [0.4, 0.5) is 8.78 Å². The SMILES string of the molecule is CCCOCCCNC(C)c1ccc(OC(F)F)cc1. The molecule has 0 fully saturated rings. The molecule has 1 rings (SSSR count). The Morgan fingerprint density at radius 1 is 1.15 bits per heavy atom. The molecule has 114 valence electrons. The summed E-state index contributed by atoms with van der Waals surface area (Å²) in [6.45, 7) is 3.77. The average molecular weight is 287 g/mol. The second-order valence-corrected chi connectivity index (χ2v) is 4.59. The molecular formula is C15H23F2NO2. The normalized spacial score (nSPS) is 12.7. The Hall–Kier alpha value is -1.20. The lowest BCUT2D eigenvalue weighted by atomic mass is 10.1. The first-order valence-corrected chi connectivity index (χ1v) is 6.99. The van der Waals surface area contributed by atoms with Gasteiger partial charge < -0.3 is 14.8 Å². The highest BCUT2D eigenvalue weighted by Crippen LogP contribution is 2.19. The van der Waals surface area contributed by atoms with Crippen LogP contribution in [-0.2, 0) is 4.74 Å². The van der Waals surface area contributed by atoms with Gasteiger partial charge in [0.15, 0.2) is 0 Å². The van der Waals surface area contributed by atoms with E-state index in [0.29, 0.717) is 0 Å². The highest BCUT2D eigenvalue weighted by atomic mass is 19.3. The largest absolute Gasteiger partial charge is 0.435 e. The maximum absolute atomic E-state index is 12.0. The average Bonchev–Trinajstić information content (AvgIpc) is 2.42. The van der Waals surface area contributed by atoms with Gasteiger partial charge in [-0.1, -0.05) is 19.1 Å². The zero-order chi connectivity index (χ0) is 14.8. The summed E-state index contributed by atoms with van der Waals surface area (Å²) in [5.74, 6) is 0.184. The first-order valence-electron chi connectivity index (χ1n) is 6.99. The molecule has 20 heavy (non-hydrogen) atoms. The molecule has 1 N–H and O–H groups in total. The van der Waals surface area contributed by atoms with Crippen molar-refractivity contribution < 1.29 is 18.3 Å². The van der Waals surface area contributed by atoms with Crippen molar-refractivity contribution in [1.82, 2.24) is 5.32 Å². The number of ether oxygens (including phenoxy) is 2. The van der Waals surface area contributed by atoms with Crippen LogP contribution >= 0.6 is 0 Å². The second-order valence-electron chi connectivity index (χ2n) is 4.59. The lowest BCUT2D eigenvalue weighted by Gasteiger charge is -2.15. The molecule has 1 aromatic rings. The Kier molecular flexibility index (Phi) is 8.14. The molecule has 0 aromatic heterocycles. The molecule has 5 heteroatoms. The van der Waals surface area contributed by atoms with E-state index in [1.807, 2.05) is 6.92 Å². The molecule has 0 amide bonds. The van der Waals surface area contributed by atoms with Gasteiger partial charge in [0.25, 0.3) is 0 Å². The van der Waals surface area contributed by atoms with Crippen LogP contribution in [0.15, 0.2) is 24.3 Å². The Morgan fingerprint density at radius 3 is 2.45 bits per heavy atom. The van der Waals surface area contributed by atoms with Gasteiger partial charge in [0, 0.05) is 19.3 Å². The first-order chi connectivity index (χ1) is 9.63. The van der Waals surface area contributed by atoms with E-state index in [-0.39, 0.29) is 11.8 Å². The van der Waals surface area contributed by atoms with Gasteiger partial charge in [-0.25, -0.2) is 0 Å². The van der Waals surface area contributed by atoms with Crippen LogP contribution in [0, 0.1) is 0 Å². The van der Waals surface area contributed by atoms with Crippen molar-refractivity contribution >= 4 is 0 Å². The van der Waals surface area contributed by atoms with Crippen molar-refractivity contribution in [3.63, 3.8) is 0 Å². The third-order valence-electron chi connectivity index (χ3n) is 2.87. The van der Waals surface area contributed by atoms with Gasteiger partial charge in [0.2, 0.25) is 0 Å². The minimum Gasteiger partial charge on any atom is -0.435 e. The molecule has 1 unspecified atom stereocenters. The summed E-state index contributed by atoms with van der Waals surface area (Å²) in [5.41, 5.74) is 1.04. The van der Waals surface area contributed by atoms with Crippen LogP contribution in [0.2, 0.25) is 0 Å². The minimum absolute atomic E-state index is 0.168. The van der Waals surface area contributed by atoms with Crippen molar-refractivity contribution in [2.24, 2.45) is 0 Å². The fourth-order valence-corrected chi connectivity index (χ4v) is 1.79. The maximum atomic E-state index is 12.0. The van der Waals surface area contributed by atoms with E-state index >= 15 is 0 Å². The number of nitrogens with one attached hydrogen (secondary N) is 1. The maximum Gasteiger partial charge on any atom is 0.387 e. The van der Waals surface area contributed by atoms with Crippen molar-refractivity contribution in [1.29, 1.82) is 0 Å². The molecule has 0 heterocycles. The molecule has 3 nitrogen and oxygen atoms in total. The smallest absolute Gasteiger partial charge is 0.387 e. The highest BCUT2D eigenvalue weighted by Gasteiger charge is 2.07. The molecule has 0 radical (unpaired) electrons. The van der Waals surface area contributed by atoms with Gasteiger partial charge in [-0.3, -0.25) is 0 Å². The van der Waals surface area contributed by atoms with Crippen LogP contribution in [0.3, 0.4) is 0 Å². The summed E-state index contributed by atoms with van der Waals surface area (Å²) < 4.78 is 33.8. The standard InChI is InChI=1S/C15H23F2NO2/c1-3-10-19-11-4-9-18-12(2)13-5-7-14(8-6-13)20-15(16)17/h5-8,12,15,18H,3-4,9-11H2,1-2H3. The summed E-state index contributed by atoms with van der Waals surface area (Å²) in [7, 11) is 0. The molecule has 0 saturated carbocycles. The fourth-order valence-electron chi connectivity index (χ4n) is 1.79. The van der Waals surface area contributed by atoms with E-state index in [1.54, 1.807) is 24.3 Å². The van der Waals surface area contributed by atoms with E-state index in [9.17, 15) is 8.78 Å². The van der Waals surface area contributed by atoms with E-state index in [0.717, 1.165) is 38.2 Å². The van der Waals surface area contributed by atoms with Crippen LogP contribution < -0.4 is 10.1 Å². The minimum atomic E-state index is -2.78. The zero-order valence-electron chi connectivity index (χ0n) is 12.1. The van der Waals surface area contributed by atoms with Gasteiger partial charge in [-0.15, -0.1) is 0 Å². The second kappa shape index (κ2) is 9.66. The van der Waals surface area contributed by atoms with E-state index in [4.69, 9.17) is 4.74 Å². The van der Waals surface area contributed by atoms with Crippen molar-refractivity contribution in [2.75, 3.05) is 19.8 Å². The quantitative estimate of drug-likeness (QED) is 0.665. The van der Waals surface area contributed by atoms with Gasteiger partial charge in [-0.05, 0) is 44.0 Å². The van der Waals surface area contributed by atoms with Crippen LogP contribution in [0.1, 0.15) is 38.3 Å². The Bertz CT molecular complexity index is 357. The predicted molar refractivity (Wildman–Crippen MR) is 75.2 cm³/mol. The van der Waals surface area contributed by atoms with Crippen molar-refractivity contribution in [3.05, 3.63) is 29.8 Å². The topological polar surface area (TPSA) is 30.5 Å². The summed E-state index contributed by atoms with van der Waals surface area (Å²) in [5, 5.41) is 3.37. The summed E-state index contributed by atoms with van der Waals surface area (Å²) >= 11 is 0. The number of alkyl halides is 2. The van der Waals surface area contributed by atoms with Gasteiger partial charge in [-0.2, -0.15) is 8.78 Å². The van der Waals surface area contributed by atoms with Gasteiger partial charge in [0.1, 0.15) is 5.75 Å². The number of halogens is 2. The molecule has 0 aliphatic rings. The van der Waals surface area contributed by atoms with Crippen molar-refractivity contribution in [3.8, 4) is 5.75 Å². The molecule has 0 spiro atoms. The molecule has 0 aliphatic carbocycles. The zero-order valence-corrected chi connectivity index (χ0v) is 12.1. The molecule has 0 aliphatic heterocycles. The third-order valence-corrected chi connectivity index (χ3v) is 2.87. The Labute approximate surface area is 119 Å². The monoisotopic (exact) mass is 287 g/mol. The number of benzene rings is 1. The number of rotatable bonds is 10. The molecule has 1 atom stereocenters. The third kappa shape index (κ3) is 6.82. The molecule has 0 saturated heterocycles. The van der Waals surface area contributed by atoms with E-state index in [1.165, 1.54) is 0 Å². The van der Waals surface area contributed by atoms with Crippen molar-refractivity contribution in [2.45, 2.75) is 39.3 Å². The summed E-state index contributed by atoms with van der Waals surface area (Å²) in [4.78, 5) is 0. The Balaban J connectivity index is 2.27. The number of hydrogen-bond acceptors (Lipinski definition) is 3. The van der Waals surface area contributed by atoms with Crippen LogP contribution in [0.25, 0.3) is 0 Å². The lowest BCUT2D eigenvalue weighted by molar-refractivity contribution is -0.0498.